The number of fused-ring (bicyclic) bond motifs is 1. The largest absolute Gasteiger partial charge is 0.508 e. The van der Waals surface area contributed by atoms with Crippen LogP contribution in [0.1, 0.15) is 22.8 Å². The van der Waals surface area contributed by atoms with Gasteiger partial charge in [-0.05, 0) is 48.9 Å². The highest BCUT2D eigenvalue weighted by Gasteiger charge is 2.46. The van der Waals surface area contributed by atoms with Gasteiger partial charge in [0.15, 0.2) is 6.10 Å². The van der Waals surface area contributed by atoms with Crippen LogP contribution in [0.5, 0.6) is 11.5 Å². The zero-order valence-electron chi connectivity index (χ0n) is 12.8. The van der Waals surface area contributed by atoms with E-state index >= 15 is 0 Å². The maximum atomic E-state index is 11.0. The number of phenols is 1. The fourth-order valence-corrected chi connectivity index (χ4v) is 3.19. The summed E-state index contributed by atoms with van der Waals surface area (Å²) in [6.07, 6.45) is 0.130. The Bertz CT molecular complexity index is 686. The predicted molar refractivity (Wildman–Crippen MR) is 85.2 cm³/mol. The third-order valence-corrected chi connectivity index (χ3v) is 4.21. The van der Waals surface area contributed by atoms with Crippen molar-refractivity contribution in [1.82, 2.24) is 5.32 Å². The molecule has 0 heterocycles. The maximum Gasteiger partial charge on any atom is 0.154 e. The van der Waals surface area contributed by atoms with Crippen LogP contribution in [-0.4, -0.2) is 29.4 Å². The standard InChI is InChI=1S/C18H21NO3/c1-12-9-14(20)7-8-16(12)22-17-15-6-4-3-5-13(15)10-18(17,21)11-19-2/h3-9,17,19-21H,10-11H2,1-2H3. The second-order valence-corrected chi connectivity index (χ2v) is 5.96. The smallest absolute Gasteiger partial charge is 0.154 e. The molecule has 0 aromatic heterocycles. The molecule has 0 radical (unpaired) electrons. The molecule has 2 aromatic carbocycles. The lowest BCUT2D eigenvalue weighted by molar-refractivity contribution is -0.0487. The molecule has 3 N–H and O–H groups in total. The summed E-state index contributed by atoms with van der Waals surface area (Å²) in [7, 11) is 1.82. The molecular weight excluding hydrogens is 278 g/mol. The minimum absolute atomic E-state index is 0.210. The monoisotopic (exact) mass is 299 g/mol. The summed E-state index contributed by atoms with van der Waals surface area (Å²) in [5.74, 6) is 0.885. The van der Waals surface area contributed by atoms with E-state index < -0.39 is 11.7 Å². The highest BCUT2D eigenvalue weighted by molar-refractivity contribution is 5.42. The van der Waals surface area contributed by atoms with E-state index in [1.54, 1.807) is 18.2 Å². The highest BCUT2D eigenvalue weighted by atomic mass is 16.5. The lowest BCUT2D eigenvalue weighted by Crippen LogP contribution is -2.45. The van der Waals surface area contributed by atoms with Crippen molar-refractivity contribution in [3.8, 4) is 11.5 Å². The van der Waals surface area contributed by atoms with Gasteiger partial charge in [-0.1, -0.05) is 24.3 Å². The van der Waals surface area contributed by atoms with Crippen molar-refractivity contribution in [2.75, 3.05) is 13.6 Å². The van der Waals surface area contributed by atoms with Crippen LogP contribution in [0.15, 0.2) is 42.5 Å². The van der Waals surface area contributed by atoms with Crippen molar-refractivity contribution in [1.29, 1.82) is 0 Å². The first kappa shape index (κ1) is 14.9. The Kier molecular flexibility index (Phi) is 3.81. The van der Waals surface area contributed by atoms with Gasteiger partial charge in [-0.2, -0.15) is 0 Å². The number of phenolic OH excluding ortho intramolecular Hbond substituents is 1. The van der Waals surface area contributed by atoms with Crippen LogP contribution in [0.2, 0.25) is 0 Å². The molecule has 3 rings (SSSR count). The molecule has 0 spiro atoms. The summed E-state index contributed by atoms with van der Waals surface area (Å²) in [4.78, 5) is 0. The molecule has 0 fully saturated rings. The number of nitrogens with one attached hydrogen (secondary N) is 1. The van der Waals surface area contributed by atoms with Crippen LogP contribution in [0.3, 0.4) is 0 Å². The highest BCUT2D eigenvalue weighted by Crippen LogP contribution is 2.42. The quantitative estimate of drug-likeness (QED) is 0.811. The van der Waals surface area contributed by atoms with E-state index in [2.05, 4.69) is 5.32 Å². The Labute approximate surface area is 130 Å². The number of rotatable bonds is 4. The molecule has 4 nitrogen and oxygen atoms in total. The summed E-state index contributed by atoms with van der Waals surface area (Å²) in [5.41, 5.74) is 1.99. The van der Waals surface area contributed by atoms with E-state index in [0.29, 0.717) is 18.7 Å². The molecule has 1 aliphatic rings. The Morgan fingerprint density at radius 1 is 1.27 bits per heavy atom. The third kappa shape index (κ3) is 2.56. The van der Waals surface area contributed by atoms with Gasteiger partial charge in [0.25, 0.3) is 0 Å². The zero-order chi connectivity index (χ0) is 15.7. The topological polar surface area (TPSA) is 61.7 Å². The second kappa shape index (κ2) is 5.63. The molecule has 116 valence electrons. The van der Waals surface area contributed by atoms with Crippen LogP contribution < -0.4 is 10.1 Å². The van der Waals surface area contributed by atoms with E-state index in [1.165, 1.54) is 0 Å². The van der Waals surface area contributed by atoms with Gasteiger partial charge in [0.05, 0.1) is 0 Å². The summed E-state index contributed by atoms with van der Waals surface area (Å²) in [6, 6.07) is 13.0. The first-order valence-corrected chi connectivity index (χ1v) is 7.44. The number of ether oxygens (including phenoxy) is 1. The summed E-state index contributed by atoms with van der Waals surface area (Å²) >= 11 is 0. The van der Waals surface area contributed by atoms with E-state index in [0.717, 1.165) is 16.7 Å². The van der Waals surface area contributed by atoms with Crippen molar-refractivity contribution >= 4 is 0 Å². The lowest BCUT2D eigenvalue weighted by atomic mass is 9.97. The molecule has 2 unspecified atom stereocenters. The number of likely N-dealkylation sites (N-methyl/N-ethyl adjacent to an activating group) is 1. The van der Waals surface area contributed by atoms with E-state index in [-0.39, 0.29) is 5.75 Å². The average Bonchev–Trinajstić information content (AvgIpc) is 2.74. The molecule has 0 bridgehead atoms. The maximum absolute atomic E-state index is 11.0. The number of aromatic hydroxyl groups is 1. The Hall–Kier alpha value is -2.04. The molecule has 1 aliphatic carbocycles. The van der Waals surface area contributed by atoms with Gasteiger partial charge in [0.2, 0.25) is 0 Å². The number of hydrogen-bond donors (Lipinski definition) is 3. The zero-order valence-corrected chi connectivity index (χ0v) is 12.8. The second-order valence-electron chi connectivity index (χ2n) is 5.96. The number of benzene rings is 2. The molecule has 0 saturated carbocycles. The van der Waals surface area contributed by atoms with Gasteiger partial charge in [-0.3, -0.25) is 0 Å². The molecule has 0 aliphatic heterocycles. The van der Waals surface area contributed by atoms with Crippen molar-refractivity contribution in [3.05, 3.63) is 59.2 Å². The van der Waals surface area contributed by atoms with Gasteiger partial charge in [0, 0.05) is 13.0 Å². The molecule has 2 atom stereocenters. The van der Waals surface area contributed by atoms with E-state index in [9.17, 15) is 10.2 Å². The first-order valence-electron chi connectivity index (χ1n) is 7.44. The molecule has 0 saturated heterocycles. The molecular formula is C18H21NO3. The summed E-state index contributed by atoms with van der Waals surface area (Å²) in [6.45, 7) is 2.33. The fourth-order valence-electron chi connectivity index (χ4n) is 3.19. The van der Waals surface area contributed by atoms with Crippen molar-refractivity contribution in [2.24, 2.45) is 0 Å². The Balaban J connectivity index is 1.98. The Morgan fingerprint density at radius 2 is 2.05 bits per heavy atom. The van der Waals surface area contributed by atoms with Gasteiger partial charge in [-0.25, -0.2) is 0 Å². The molecule has 4 heteroatoms. The third-order valence-electron chi connectivity index (χ3n) is 4.21. The SMILES string of the molecule is CNCC1(O)Cc2ccccc2C1Oc1ccc(O)cc1C. The normalized spacial score (nSPS) is 23.3. The van der Waals surface area contributed by atoms with Crippen molar-refractivity contribution in [2.45, 2.75) is 25.0 Å². The van der Waals surface area contributed by atoms with Crippen molar-refractivity contribution < 1.29 is 14.9 Å². The average molecular weight is 299 g/mol. The lowest BCUT2D eigenvalue weighted by Gasteiger charge is -2.31. The summed E-state index contributed by atoms with van der Waals surface area (Å²) < 4.78 is 6.15. The van der Waals surface area contributed by atoms with Crippen LogP contribution in [0.4, 0.5) is 0 Å². The van der Waals surface area contributed by atoms with E-state index in [1.807, 2.05) is 38.2 Å². The minimum Gasteiger partial charge on any atom is -0.508 e. The number of hydrogen-bond acceptors (Lipinski definition) is 4. The van der Waals surface area contributed by atoms with E-state index in [4.69, 9.17) is 4.74 Å². The van der Waals surface area contributed by atoms with Crippen LogP contribution in [0.25, 0.3) is 0 Å². The van der Waals surface area contributed by atoms with Gasteiger partial charge in [-0.15, -0.1) is 0 Å². The minimum atomic E-state index is -0.983. The molecule has 2 aromatic rings. The van der Waals surface area contributed by atoms with Crippen LogP contribution in [0, 0.1) is 6.92 Å². The van der Waals surface area contributed by atoms with Crippen LogP contribution in [-0.2, 0) is 6.42 Å². The van der Waals surface area contributed by atoms with Crippen molar-refractivity contribution in [3.63, 3.8) is 0 Å². The first-order chi connectivity index (χ1) is 10.5. The molecule has 22 heavy (non-hydrogen) atoms. The van der Waals surface area contributed by atoms with Gasteiger partial charge < -0.3 is 20.3 Å². The number of aryl methyl sites for hydroxylation is 1. The molecule has 0 amide bonds. The van der Waals surface area contributed by atoms with Gasteiger partial charge in [0.1, 0.15) is 17.1 Å². The Morgan fingerprint density at radius 3 is 2.77 bits per heavy atom. The van der Waals surface area contributed by atoms with Gasteiger partial charge >= 0.3 is 0 Å². The predicted octanol–water partition coefficient (Wildman–Crippen LogP) is 2.33. The fraction of sp³-hybridized carbons (Fsp3) is 0.333. The van der Waals surface area contributed by atoms with Crippen LogP contribution >= 0.6 is 0 Å². The number of aliphatic hydroxyl groups is 1. The summed E-state index contributed by atoms with van der Waals surface area (Å²) in [5, 5.41) is 23.6.